The summed E-state index contributed by atoms with van der Waals surface area (Å²) in [6.07, 6.45) is 44.9. The molecule has 0 aromatic rings. The highest BCUT2D eigenvalue weighted by Crippen LogP contribution is 2.15. The Kier molecular flexibility index (Phi) is 29.0. The molecule has 0 unspecified atom stereocenters. The van der Waals surface area contributed by atoms with Crippen molar-refractivity contribution in [1.82, 2.24) is 0 Å². The zero-order valence-corrected chi connectivity index (χ0v) is 22.0. The fourth-order valence-corrected chi connectivity index (χ4v) is 4.33. The molecule has 0 saturated carbocycles. The summed E-state index contributed by atoms with van der Waals surface area (Å²) in [5.41, 5.74) is 0. The molecule has 184 valence electrons. The van der Waals surface area contributed by atoms with Gasteiger partial charge in [0.2, 0.25) is 0 Å². The molecule has 0 aliphatic carbocycles. The van der Waals surface area contributed by atoms with E-state index in [0.29, 0.717) is 0 Å². The van der Waals surface area contributed by atoms with E-state index in [2.05, 4.69) is 38.2 Å². The van der Waals surface area contributed by atoms with Gasteiger partial charge in [-0.2, -0.15) is 0 Å². The van der Waals surface area contributed by atoms with Gasteiger partial charge in [-0.05, 0) is 32.1 Å². The van der Waals surface area contributed by atoms with Crippen molar-refractivity contribution in [2.45, 2.75) is 174 Å². The zero-order valence-electron chi connectivity index (χ0n) is 22.0. The fraction of sp³-hybridized carbons (Fsp3) is 0.871. The molecule has 0 atom stereocenters. The average Bonchev–Trinajstić information content (AvgIpc) is 2.78. The molecule has 0 aliphatic heterocycles. The third-order valence-corrected chi connectivity index (χ3v) is 6.53. The van der Waals surface area contributed by atoms with E-state index in [1.807, 2.05) is 0 Å². The molecule has 0 heterocycles. The summed E-state index contributed by atoms with van der Waals surface area (Å²) in [4.78, 5) is 0. The van der Waals surface area contributed by atoms with Crippen LogP contribution in [0.15, 0.2) is 24.3 Å². The minimum Gasteiger partial charge on any atom is -0.0885 e. The number of hydrogen-bond donors (Lipinski definition) is 0. The van der Waals surface area contributed by atoms with Gasteiger partial charge in [0.15, 0.2) is 0 Å². The standard InChI is InChI=1S/C31H60/c1-3-5-7-9-11-13-15-17-19-21-23-25-27-29-31-30-28-26-24-22-20-18-16-14-12-10-8-6-4-2/h9,11,17,19H,3-8,10,12-16,18,20-31H2,1-2H3. The van der Waals surface area contributed by atoms with Crippen LogP contribution < -0.4 is 0 Å². The molecule has 0 aromatic carbocycles. The summed E-state index contributed by atoms with van der Waals surface area (Å²) >= 11 is 0. The van der Waals surface area contributed by atoms with Gasteiger partial charge in [0.1, 0.15) is 0 Å². The second kappa shape index (κ2) is 29.5. The molecule has 0 heteroatoms. The van der Waals surface area contributed by atoms with Crippen molar-refractivity contribution in [3.63, 3.8) is 0 Å². The Labute approximate surface area is 198 Å². The first-order valence-electron chi connectivity index (χ1n) is 14.7. The summed E-state index contributed by atoms with van der Waals surface area (Å²) in [7, 11) is 0. The second-order valence-corrected chi connectivity index (χ2v) is 9.82. The Morgan fingerprint density at radius 2 is 0.516 bits per heavy atom. The molecule has 0 N–H and O–H groups in total. The molecule has 0 aliphatic rings. The lowest BCUT2D eigenvalue weighted by molar-refractivity contribution is 0.523. The highest BCUT2D eigenvalue weighted by Gasteiger charge is 1.95. The van der Waals surface area contributed by atoms with Crippen molar-refractivity contribution in [2.24, 2.45) is 0 Å². The minimum absolute atomic E-state index is 1.22. The predicted octanol–water partition coefficient (Wildman–Crippen LogP) is 11.9. The molecule has 0 nitrogen and oxygen atoms in total. The Hall–Kier alpha value is -0.520. The van der Waals surface area contributed by atoms with E-state index in [4.69, 9.17) is 0 Å². The molecular weight excluding hydrogens is 372 g/mol. The first-order valence-corrected chi connectivity index (χ1v) is 14.7. The van der Waals surface area contributed by atoms with Gasteiger partial charge in [-0.15, -0.1) is 0 Å². The normalized spacial score (nSPS) is 11.9. The van der Waals surface area contributed by atoms with Gasteiger partial charge in [0.05, 0.1) is 0 Å². The molecule has 0 fully saturated rings. The number of unbranched alkanes of at least 4 members (excludes halogenated alkanes) is 22. The summed E-state index contributed by atoms with van der Waals surface area (Å²) < 4.78 is 0. The topological polar surface area (TPSA) is 0 Å². The van der Waals surface area contributed by atoms with E-state index in [1.54, 1.807) is 0 Å². The third kappa shape index (κ3) is 29.5. The second-order valence-electron chi connectivity index (χ2n) is 9.82. The average molecular weight is 433 g/mol. The van der Waals surface area contributed by atoms with Crippen molar-refractivity contribution < 1.29 is 0 Å². The van der Waals surface area contributed by atoms with Crippen LogP contribution in [0.4, 0.5) is 0 Å². The lowest BCUT2D eigenvalue weighted by Crippen LogP contribution is -1.84. The van der Waals surface area contributed by atoms with Crippen LogP contribution in [0.5, 0.6) is 0 Å². The van der Waals surface area contributed by atoms with Crippen molar-refractivity contribution in [3.05, 3.63) is 24.3 Å². The number of allylic oxidation sites excluding steroid dienone is 4. The summed E-state index contributed by atoms with van der Waals surface area (Å²) in [5.74, 6) is 0. The maximum absolute atomic E-state index is 2.41. The smallest absolute Gasteiger partial charge is 0.0316 e. The van der Waals surface area contributed by atoms with Crippen LogP contribution in [0.3, 0.4) is 0 Å². The van der Waals surface area contributed by atoms with Crippen LogP contribution in [-0.4, -0.2) is 0 Å². The molecule has 0 rings (SSSR count). The van der Waals surface area contributed by atoms with Crippen molar-refractivity contribution in [2.75, 3.05) is 0 Å². The first-order chi connectivity index (χ1) is 15.4. The molecule has 0 bridgehead atoms. The van der Waals surface area contributed by atoms with Crippen molar-refractivity contribution >= 4 is 0 Å². The van der Waals surface area contributed by atoms with E-state index >= 15 is 0 Å². The Bertz CT molecular complexity index is 351. The third-order valence-electron chi connectivity index (χ3n) is 6.53. The summed E-state index contributed by atoms with van der Waals surface area (Å²) in [6, 6.07) is 0. The van der Waals surface area contributed by atoms with Crippen LogP contribution in [0.25, 0.3) is 0 Å². The van der Waals surface area contributed by atoms with Crippen molar-refractivity contribution in [1.29, 1.82) is 0 Å². The Balaban J connectivity index is 3.08. The molecular formula is C31H60. The van der Waals surface area contributed by atoms with E-state index in [1.165, 1.54) is 161 Å². The largest absolute Gasteiger partial charge is 0.0885 e. The van der Waals surface area contributed by atoms with E-state index in [9.17, 15) is 0 Å². The summed E-state index contributed by atoms with van der Waals surface area (Å²) in [6.45, 7) is 4.56. The lowest BCUT2D eigenvalue weighted by Gasteiger charge is -2.03. The minimum atomic E-state index is 1.22. The highest BCUT2D eigenvalue weighted by atomic mass is 14.0. The molecule has 0 radical (unpaired) electrons. The molecule has 0 amide bonds. The fourth-order valence-electron chi connectivity index (χ4n) is 4.33. The lowest BCUT2D eigenvalue weighted by atomic mass is 10.0. The van der Waals surface area contributed by atoms with Gasteiger partial charge >= 0.3 is 0 Å². The summed E-state index contributed by atoms with van der Waals surface area (Å²) in [5, 5.41) is 0. The van der Waals surface area contributed by atoms with Crippen LogP contribution in [0, 0.1) is 0 Å². The van der Waals surface area contributed by atoms with E-state index < -0.39 is 0 Å². The maximum atomic E-state index is 2.41. The van der Waals surface area contributed by atoms with Gasteiger partial charge in [0, 0.05) is 0 Å². The van der Waals surface area contributed by atoms with E-state index in [-0.39, 0.29) is 0 Å². The quantitative estimate of drug-likeness (QED) is 0.0941. The van der Waals surface area contributed by atoms with Gasteiger partial charge in [0.25, 0.3) is 0 Å². The monoisotopic (exact) mass is 432 g/mol. The van der Waals surface area contributed by atoms with Gasteiger partial charge in [-0.1, -0.05) is 167 Å². The van der Waals surface area contributed by atoms with Crippen molar-refractivity contribution in [3.8, 4) is 0 Å². The Morgan fingerprint density at radius 1 is 0.258 bits per heavy atom. The van der Waals surface area contributed by atoms with Gasteiger partial charge in [-0.3, -0.25) is 0 Å². The Morgan fingerprint density at radius 3 is 0.871 bits per heavy atom. The van der Waals surface area contributed by atoms with Crippen LogP contribution in [0.2, 0.25) is 0 Å². The first kappa shape index (κ1) is 30.5. The van der Waals surface area contributed by atoms with Gasteiger partial charge in [-0.25, -0.2) is 0 Å². The molecule has 0 aromatic heterocycles. The SMILES string of the molecule is CCCCC=CCCC=CCCCCCCCCCCCCCCCCCCCCC. The molecule has 31 heavy (non-hydrogen) atoms. The maximum Gasteiger partial charge on any atom is -0.0316 e. The number of rotatable bonds is 26. The molecule has 0 spiro atoms. The molecule has 0 saturated heterocycles. The van der Waals surface area contributed by atoms with E-state index in [0.717, 1.165) is 0 Å². The number of hydrogen-bond acceptors (Lipinski definition) is 0. The highest BCUT2D eigenvalue weighted by molar-refractivity contribution is 4.87. The van der Waals surface area contributed by atoms with Gasteiger partial charge < -0.3 is 0 Å². The van der Waals surface area contributed by atoms with Crippen LogP contribution in [-0.2, 0) is 0 Å². The van der Waals surface area contributed by atoms with Crippen LogP contribution >= 0.6 is 0 Å². The predicted molar refractivity (Wildman–Crippen MR) is 145 cm³/mol. The zero-order chi connectivity index (χ0) is 22.5. The van der Waals surface area contributed by atoms with Crippen LogP contribution in [0.1, 0.15) is 174 Å².